The number of nitrogens with zero attached hydrogens (tertiary/aromatic N) is 1. The summed E-state index contributed by atoms with van der Waals surface area (Å²) in [6, 6.07) is 0. The van der Waals surface area contributed by atoms with Crippen LogP contribution >= 0.6 is 11.3 Å². The third-order valence-corrected chi connectivity index (χ3v) is 3.81. The lowest BCUT2D eigenvalue weighted by Crippen LogP contribution is -2.07. The Labute approximate surface area is 89.8 Å². The summed E-state index contributed by atoms with van der Waals surface area (Å²) in [6.07, 6.45) is 6.19. The van der Waals surface area contributed by atoms with Gasteiger partial charge in [-0.25, -0.2) is 4.98 Å². The first kappa shape index (κ1) is 9.97. The van der Waals surface area contributed by atoms with Gasteiger partial charge in [0.2, 0.25) is 0 Å². The summed E-state index contributed by atoms with van der Waals surface area (Å²) < 4.78 is 0. The van der Waals surface area contributed by atoms with Crippen LogP contribution in [0.15, 0.2) is 6.20 Å². The Bertz CT molecular complexity index is 289. The van der Waals surface area contributed by atoms with E-state index in [9.17, 15) is 0 Å². The lowest BCUT2D eigenvalue weighted by molar-refractivity contribution is 0.425. The molecule has 0 aromatic carbocycles. The van der Waals surface area contributed by atoms with Gasteiger partial charge in [-0.3, -0.25) is 0 Å². The average Bonchev–Trinajstić information content (AvgIpc) is 2.46. The summed E-state index contributed by atoms with van der Waals surface area (Å²) in [7, 11) is 0. The molecule has 3 heteroatoms. The molecule has 0 radical (unpaired) electrons. The molecule has 2 rings (SSSR count). The van der Waals surface area contributed by atoms with Gasteiger partial charge in [0.1, 0.15) is 0 Å². The molecule has 1 saturated carbocycles. The molecule has 78 valence electrons. The molecular formula is C11H18N2S. The van der Waals surface area contributed by atoms with E-state index in [1.165, 1.54) is 24.1 Å². The van der Waals surface area contributed by atoms with Crippen molar-refractivity contribution in [3.8, 4) is 0 Å². The molecule has 14 heavy (non-hydrogen) atoms. The third-order valence-electron chi connectivity index (χ3n) is 2.69. The second-order valence-electron chi connectivity index (χ2n) is 4.47. The summed E-state index contributed by atoms with van der Waals surface area (Å²) >= 11 is 1.84. The minimum absolute atomic E-state index is 0.686. The Morgan fingerprint density at radius 2 is 2.36 bits per heavy atom. The van der Waals surface area contributed by atoms with Gasteiger partial charge < -0.3 is 5.32 Å². The quantitative estimate of drug-likeness (QED) is 0.823. The molecule has 0 unspecified atom stereocenters. The van der Waals surface area contributed by atoms with Crippen LogP contribution in [0.25, 0.3) is 0 Å². The van der Waals surface area contributed by atoms with Crippen molar-refractivity contribution in [3.63, 3.8) is 0 Å². The molecule has 0 atom stereocenters. The fourth-order valence-corrected chi connectivity index (χ4v) is 2.53. The monoisotopic (exact) mass is 210 g/mol. The topological polar surface area (TPSA) is 24.9 Å². The largest absolute Gasteiger partial charge is 0.361 e. The standard InChI is InChI=1S/C11H18N2S/c1-8(2)6-12-11-13-7-10(14-11)9-4-3-5-9/h7-9H,3-6H2,1-2H3,(H,12,13). The zero-order valence-corrected chi connectivity index (χ0v) is 9.73. The van der Waals surface area contributed by atoms with Crippen LogP contribution in [-0.4, -0.2) is 11.5 Å². The lowest BCUT2D eigenvalue weighted by Gasteiger charge is -2.23. The van der Waals surface area contributed by atoms with Crippen LogP contribution in [0.3, 0.4) is 0 Å². The van der Waals surface area contributed by atoms with Crippen molar-refractivity contribution in [2.45, 2.75) is 39.0 Å². The van der Waals surface area contributed by atoms with Crippen LogP contribution in [0.1, 0.15) is 43.9 Å². The normalized spacial score (nSPS) is 17.1. The molecule has 2 nitrogen and oxygen atoms in total. The van der Waals surface area contributed by atoms with Gasteiger partial charge in [0.25, 0.3) is 0 Å². The van der Waals surface area contributed by atoms with Crippen LogP contribution in [0, 0.1) is 5.92 Å². The van der Waals surface area contributed by atoms with Gasteiger partial charge in [-0.1, -0.05) is 20.3 Å². The van der Waals surface area contributed by atoms with Crippen molar-refractivity contribution in [2.24, 2.45) is 5.92 Å². The Hall–Kier alpha value is -0.570. The van der Waals surface area contributed by atoms with E-state index in [-0.39, 0.29) is 0 Å². The SMILES string of the molecule is CC(C)CNc1ncc(C2CCC2)s1. The molecule has 1 aliphatic carbocycles. The van der Waals surface area contributed by atoms with Gasteiger partial charge in [0.15, 0.2) is 5.13 Å². The average molecular weight is 210 g/mol. The number of hydrogen-bond donors (Lipinski definition) is 1. The van der Waals surface area contributed by atoms with E-state index < -0.39 is 0 Å². The molecule has 1 aromatic heterocycles. The van der Waals surface area contributed by atoms with Gasteiger partial charge in [-0.2, -0.15) is 0 Å². The number of aromatic nitrogens is 1. The van der Waals surface area contributed by atoms with Crippen LogP contribution in [0.4, 0.5) is 5.13 Å². The fourth-order valence-electron chi connectivity index (χ4n) is 1.54. The second kappa shape index (κ2) is 4.30. The van der Waals surface area contributed by atoms with E-state index in [4.69, 9.17) is 0 Å². The van der Waals surface area contributed by atoms with Gasteiger partial charge in [0, 0.05) is 17.6 Å². The second-order valence-corrected chi connectivity index (χ2v) is 5.53. The van der Waals surface area contributed by atoms with E-state index in [2.05, 4.69) is 30.3 Å². The number of hydrogen-bond acceptors (Lipinski definition) is 3. The molecule has 1 heterocycles. The van der Waals surface area contributed by atoms with Crippen molar-refractivity contribution in [1.29, 1.82) is 0 Å². The van der Waals surface area contributed by atoms with E-state index in [1.54, 1.807) is 0 Å². The van der Waals surface area contributed by atoms with Crippen molar-refractivity contribution in [1.82, 2.24) is 4.98 Å². The first-order valence-corrected chi connectivity index (χ1v) is 6.27. The minimum Gasteiger partial charge on any atom is -0.361 e. The molecule has 0 bridgehead atoms. The summed E-state index contributed by atoms with van der Waals surface area (Å²) in [5.41, 5.74) is 0. The van der Waals surface area contributed by atoms with Crippen LogP contribution < -0.4 is 5.32 Å². The lowest BCUT2D eigenvalue weighted by atomic mass is 9.85. The Balaban J connectivity index is 1.89. The molecule has 0 saturated heterocycles. The van der Waals surface area contributed by atoms with Gasteiger partial charge in [0.05, 0.1) is 0 Å². The molecule has 1 fully saturated rings. The van der Waals surface area contributed by atoms with Crippen molar-refractivity contribution >= 4 is 16.5 Å². The van der Waals surface area contributed by atoms with Crippen molar-refractivity contribution < 1.29 is 0 Å². The zero-order valence-electron chi connectivity index (χ0n) is 8.92. The molecule has 1 N–H and O–H groups in total. The number of thiazole rings is 1. The van der Waals surface area contributed by atoms with Gasteiger partial charge in [-0.15, -0.1) is 11.3 Å². The fraction of sp³-hybridized carbons (Fsp3) is 0.727. The summed E-state index contributed by atoms with van der Waals surface area (Å²) in [5.74, 6) is 1.51. The van der Waals surface area contributed by atoms with Crippen molar-refractivity contribution in [2.75, 3.05) is 11.9 Å². The molecule has 1 aliphatic rings. The summed E-state index contributed by atoms with van der Waals surface area (Å²) in [5, 5.41) is 4.47. The van der Waals surface area contributed by atoms with E-state index in [0.717, 1.165) is 17.6 Å². The summed E-state index contributed by atoms with van der Waals surface area (Å²) in [4.78, 5) is 5.87. The Morgan fingerprint density at radius 1 is 1.57 bits per heavy atom. The third kappa shape index (κ3) is 2.27. The van der Waals surface area contributed by atoms with E-state index in [0.29, 0.717) is 5.92 Å². The predicted octanol–water partition coefficient (Wildman–Crippen LogP) is 3.48. The summed E-state index contributed by atoms with van der Waals surface area (Å²) in [6.45, 7) is 5.46. The highest BCUT2D eigenvalue weighted by atomic mass is 32.1. The maximum absolute atomic E-state index is 4.40. The Morgan fingerprint density at radius 3 is 2.93 bits per heavy atom. The maximum Gasteiger partial charge on any atom is 0.182 e. The van der Waals surface area contributed by atoms with Crippen LogP contribution in [0.2, 0.25) is 0 Å². The predicted molar refractivity (Wildman–Crippen MR) is 62.0 cm³/mol. The van der Waals surface area contributed by atoms with Gasteiger partial charge >= 0.3 is 0 Å². The molecule has 0 amide bonds. The smallest absolute Gasteiger partial charge is 0.182 e. The van der Waals surface area contributed by atoms with Crippen LogP contribution in [0.5, 0.6) is 0 Å². The molecular weight excluding hydrogens is 192 g/mol. The molecule has 0 aliphatic heterocycles. The first-order chi connectivity index (χ1) is 6.75. The number of rotatable bonds is 4. The minimum atomic E-state index is 0.686. The maximum atomic E-state index is 4.40. The molecule has 0 spiro atoms. The molecule has 1 aromatic rings. The number of nitrogens with one attached hydrogen (secondary N) is 1. The van der Waals surface area contributed by atoms with E-state index in [1.807, 2.05) is 11.3 Å². The van der Waals surface area contributed by atoms with E-state index >= 15 is 0 Å². The van der Waals surface area contributed by atoms with Crippen LogP contribution in [-0.2, 0) is 0 Å². The highest BCUT2D eigenvalue weighted by Gasteiger charge is 2.21. The van der Waals surface area contributed by atoms with Gasteiger partial charge in [-0.05, 0) is 24.7 Å². The number of anilines is 1. The van der Waals surface area contributed by atoms with Crippen molar-refractivity contribution in [3.05, 3.63) is 11.1 Å². The zero-order chi connectivity index (χ0) is 9.97. The Kier molecular flexibility index (Phi) is 3.06. The highest BCUT2D eigenvalue weighted by molar-refractivity contribution is 7.15. The highest BCUT2D eigenvalue weighted by Crippen LogP contribution is 2.39. The first-order valence-electron chi connectivity index (χ1n) is 5.45.